The van der Waals surface area contributed by atoms with Crippen molar-refractivity contribution in [3.8, 4) is 5.75 Å². The Hall–Kier alpha value is -2.20. The van der Waals surface area contributed by atoms with Gasteiger partial charge in [-0.1, -0.05) is 12.1 Å². The van der Waals surface area contributed by atoms with Gasteiger partial charge in [-0.2, -0.15) is 0 Å². The molecule has 1 aliphatic heterocycles. The summed E-state index contributed by atoms with van der Waals surface area (Å²) >= 11 is 0. The zero-order valence-electron chi connectivity index (χ0n) is 15.0. The minimum absolute atomic E-state index is 0.675. The summed E-state index contributed by atoms with van der Waals surface area (Å²) in [6, 6.07) is 16.3. The molecule has 0 saturated carbocycles. The Morgan fingerprint density at radius 1 is 1.00 bits per heavy atom. The van der Waals surface area contributed by atoms with E-state index in [0.717, 1.165) is 43.5 Å². The van der Waals surface area contributed by atoms with Crippen LogP contribution in [-0.4, -0.2) is 26.8 Å². The number of piperidine rings is 1. The molecular weight excluding hydrogens is 312 g/mol. The highest BCUT2D eigenvalue weighted by atomic mass is 16.5. The van der Waals surface area contributed by atoms with Gasteiger partial charge in [0.2, 0.25) is 0 Å². The van der Waals surface area contributed by atoms with Crippen molar-refractivity contribution in [1.82, 2.24) is 0 Å². The summed E-state index contributed by atoms with van der Waals surface area (Å²) in [6.45, 7) is 3.74. The minimum Gasteiger partial charge on any atom is -0.497 e. The number of nitrogens with zero attached hydrogens (tertiary/aromatic N) is 1. The Kier molecular flexibility index (Phi) is 6.18. The summed E-state index contributed by atoms with van der Waals surface area (Å²) in [4.78, 5) is 2.45. The van der Waals surface area contributed by atoms with Gasteiger partial charge in [0.1, 0.15) is 5.75 Å². The van der Waals surface area contributed by atoms with E-state index in [1.165, 1.54) is 24.1 Å². The molecule has 0 aromatic heterocycles. The van der Waals surface area contributed by atoms with Gasteiger partial charge in [0.15, 0.2) is 0 Å². The van der Waals surface area contributed by atoms with Crippen LogP contribution in [0.1, 0.15) is 24.8 Å². The monoisotopic (exact) mass is 340 g/mol. The molecule has 4 heteroatoms. The lowest BCUT2D eigenvalue weighted by molar-refractivity contribution is 0.104. The number of hydrogen-bond donors (Lipinski definition) is 1. The first-order chi connectivity index (χ1) is 12.2. The molecule has 1 fully saturated rings. The number of benzene rings is 2. The molecule has 134 valence electrons. The summed E-state index contributed by atoms with van der Waals surface area (Å²) in [6.07, 6.45) is 3.61. The van der Waals surface area contributed by atoms with Crippen LogP contribution in [0, 0.1) is 5.92 Å². The number of anilines is 2. The fourth-order valence-corrected chi connectivity index (χ4v) is 3.33. The zero-order chi connectivity index (χ0) is 17.5. The minimum atomic E-state index is 0.675. The first-order valence-corrected chi connectivity index (χ1v) is 9.06. The molecule has 4 nitrogen and oxygen atoms in total. The van der Waals surface area contributed by atoms with Gasteiger partial charge in [0.05, 0.1) is 13.7 Å². The maximum absolute atomic E-state index is 5.85. The van der Waals surface area contributed by atoms with Crippen molar-refractivity contribution >= 4 is 11.4 Å². The largest absolute Gasteiger partial charge is 0.497 e. The van der Waals surface area contributed by atoms with Crippen LogP contribution in [0.4, 0.5) is 11.4 Å². The SMILES string of the molecule is COc1ccc(COCCC2CCN(c3ccc(N)cc3)CC2)cc1. The standard InChI is InChI=1S/C21H28N2O2/c1-24-21-8-2-18(3-9-21)16-25-15-12-17-10-13-23(14-11-17)20-6-4-19(22)5-7-20/h2-9,17H,10-16,22H2,1H3. The lowest BCUT2D eigenvalue weighted by Gasteiger charge is -2.33. The molecule has 0 amide bonds. The Bertz CT molecular complexity index is 632. The Morgan fingerprint density at radius 2 is 1.68 bits per heavy atom. The topological polar surface area (TPSA) is 47.7 Å². The van der Waals surface area contributed by atoms with Crippen molar-refractivity contribution in [2.75, 3.05) is 37.4 Å². The molecule has 0 bridgehead atoms. The Labute approximate surface area is 150 Å². The molecular formula is C21H28N2O2. The molecule has 1 heterocycles. The Balaban J connectivity index is 1.34. The lowest BCUT2D eigenvalue weighted by Crippen LogP contribution is -2.33. The first kappa shape index (κ1) is 17.6. The van der Waals surface area contributed by atoms with Gasteiger partial charge in [-0.3, -0.25) is 0 Å². The van der Waals surface area contributed by atoms with E-state index in [2.05, 4.69) is 29.2 Å². The molecule has 2 aromatic rings. The first-order valence-electron chi connectivity index (χ1n) is 9.06. The maximum atomic E-state index is 5.85. The number of nitrogen functional groups attached to an aromatic ring is 1. The van der Waals surface area contributed by atoms with E-state index in [1.54, 1.807) is 7.11 Å². The van der Waals surface area contributed by atoms with Gasteiger partial charge in [-0.05, 0) is 67.1 Å². The molecule has 0 spiro atoms. The van der Waals surface area contributed by atoms with Crippen molar-refractivity contribution in [3.05, 3.63) is 54.1 Å². The lowest BCUT2D eigenvalue weighted by atomic mass is 9.93. The average molecular weight is 340 g/mol. The molecule has 3 rings (SSSR count). The summed E-state index contributed by atoms with van der Waals surface area (Å²) in [5.74, 6) is 1.65. The normalized spacial score (nSPS) is 15.3. The molecule has 0 atom stereocenters. The van der Waals surface area contributed by atoms with E-state index < -0.39 is 0 Å². The number of rotatable bonds is 7. The van der Waals surface area contributed by atoms with Crippen LogP contribution >= 0.6 is 0 Å². The second kappa shape index (κ2) is 8.77. The van der Waals surface area contributed by atoms with Gasteiger partial charge in [-0.15, -0.1) is 0 Å². The third-order valence-electron chi connectivity index (χ3n) is 4.97. The number of ether oxygens (including phenoxy) is 2. The van der Waals surface area contributed by atoms with Gasteiger partial charge in [0.25, 0.3) is 0 Å². The maximum Gasteiger partial charge on any atom is 0.118 e. The molecule has 1 aliphatic rings. The van der Waals surface area contributed by atoms with Crippen LogP contribution in [0.25, 0.3) is 0 Å². The average Bonchev–Trinajstić information content (AvgIpc) is 2.67. The smallest absolute Gasteiger partial charge is 0.118 e. The highest BCUT2D eigenvalue weighted by Gasteiger charge is 2.19. The number of nitrogens with two attached hydrogens (primary N) is 1. The van der Waals surface area contributed by atoms with E-state index in [-0.39, 0.29) is 0 Å². The third-order valence-corrected chi connectivity index (χ3v) is 4.97. The number of methoxy groups -OCH3 is 1. The highest BCUT2D eigenvalue weighted by Crippen LogP contribution is 2.26. The van der Waals surface area contributed by atoms with Gasteiger partial charge < -0.3 is 20.1 Å². The van der Waals surface area contributed by atoms with Gasteiger partial charge in [0, 0.05) is 31.1 Å². The predicted molar refractivity (Wildman–Crippen MR) is 103 cm³/mol. The van der Waals surface area contributed by atoms with Crippen molar-refractivity contribution in [1.29, 1.82) is 0 Å². The zero-order valence-corrected chi connectivity index (χ0v) is 15.0. The van der Waals surface area contributed by atoms with Crippen molar-refractivity contribution < 1.29 is 9.47 Å². The van der Waals surface area contributed by atoms with Crippen molar-refractivity contribution in [2.45, 2.75) is 25.9 Å². The molecule has 2 N–H and O–H groups in total. The van der Waals surface area contributed by atoms with E-state index in [9.17, 15) is 0 Å². The quantitative estimate of drug-likeness (QED) is 0.609. The molecule has 0 unspecified atom stereocenters. The molecule has 1 saturated heterocycles. The van der Waals surface area contributed by atoms with Gasteiger partial charge in [-0.25, -0.2) is 0 Å². The predicted octanol–water partition coefficient (Wildman–Crippen LogP) is 4.10. The van der Waals surface area contributed by atoms with E-state index >= 15 is 0 Å². The van der Waals surface area contributed by atoms with Crippen LogP contribution in [0.5, 0.6) is 5.75 Å². The van der Waals surface area contributed by atoms with E-state index in [4.69, 9.17) is 15.2 Å². The van der Waals surface area contributed by atoms with E-state index in [0.29, 0.717) is 6.61 Å². The van der Waals surface area contributed by atoms with Crippen LogP contribution in [0.2, 0.25) is 0 Å². The van der Waals surface area contributed by atoms with Gasteiger partial charge >= 0.3 is 0 Å². The van der Waals surface area contributed by atoms with Crippen LogP contribution in [0.3, 0.4) is 0 Å². The summed E-state index contributed by atoms with van der Waals surface area (Å²) in [7, 11) is 1.68. The fourth-order valence-electron chi connectivity index (χ4n) is 3.33. The fraction of sp³-hybridized carbons (Fsp3) is 0.429. The van der Waals surface area contributed by atoms with Crippen molar-refractivity contribution in [2.24, 2.45) is 5.92 Å². The van der Waals surface area contributed by atoms with E-state index in [1.807, 2.05) is 24.3 Å². The van der Waals surface area contributed by atoms with Crippen LogP contribution < -0.4 is 15.4 Å². The van der Waals surface area contributed by atoms with Crippen molar-refractivity contribution in [3.63, 3.8) is 0 Å². The number of hydrogen-bond acceptors (Lipinski definition) is 4. The Morgan fingerprint density at radius 3 is 2.32 bits per heavy atom. The second-order valence-electron chi connectivity index (χ2n) is 6.71. The molecule has 0 radical (unpaired) electrons. The summed E-state index contributed by atoms with van der Waals surface area (Å²) in [5, 5.41) is 0. The van der Waals surface area contributed by atoms with Crippen LogP contribution in [-0.2, 0) is 11.3 Å². The van der Waals surface area contributed by atoms with Crippen LogP contribution in [0.15, 0.2) is 48.5 Å². The third kappa shape index (κ3) is 5.13. The summed E-state index contributed by atoms with van der Waals surface area (Å²) < 4.78 is 11.0. The second-order valence-corrected chi connectivity index (χ2v) is 6.71. The molecule has 25 heavy (non-hydrogen) atoms. The molecule has 2 aromatic carbocycles. The highest BCUT2D eigenvalue weighted by molar-refractivity contribution is 5.53. The molecule has 0 aliphatic carbocycles. The summed E-state index contributed by atoms with van der Waals surface area (Å²) in [5.41, 5.74) is 9.07.